The van der Waals surface area contributed by atoms with Crippen LogP contribution < -0.4 is 0 Å². The molecule has 5 heteroatoms. The summed E-state index contributed by atoms with van der Waals surface area (Å²) in [5.74, 6) is 0.181. The molecule has 0 atom stereocenters. The molecule has 4 nitrogen and oxygen atoms in total. The highest BCUT2D eigenvalue weighted by Crippen LogP contribution is 2.29. The molecule has 136 valence electrons. The highest BCUT2D eigenvalue weighted by atomic mass is 19.1. The Bertz CT molecular complexity index is 961. The lowest BCUT2D eigenvalue weighted by Crippen LogP contribution is -2.32. The Morgan fingerprint density at radius 3 is 2.69 bits per heavy atom. The molecule has 0 bridgehead atoms. The summed E-state index contributed by atoms with van der Waals surface area (Å²) in [6.45, 7) is 6.63. The first kappa shape index (κ1) is 17.0. The lowest BCUT2D eigenvalue weighted by Gasteiger charge is -2.31. The average Bonchev–Trinajstić information content (AvgIpc) is 3.14. The van der Waals surface area contributed by atoms with Crippen molar-refractivity contribution in [2.45, 2.75) is 32.7 Å². The SMILES string of the molecule is Cc1cc(/C=C/c2nc3ccc(F)cc3o2)c(C)n1C1CCN(C)CC1. The lowest BCUT2D eigenvalue weighted by atomic mass is 10.0. The topological polar surface area (TPSA) is 34.2 Å². The van der Waals surface area contributed by atoms with Gasteiger partial charge in [-0.15, -0.1) is 0 Å². The first-order valence-electron chi connectivity index (χ1n) is 9.12. The van der Waals surface area contributed by atoms with Crippen LogP contribution in [-0.4, -0.2) is 34.6 Å². The van der Waals surface area contributed by atoms with Crippen molar-refractivity contribution >= 4 is 23.3 Å². The second-order valence-electron chi connectivity index (χ2n) is 7.23. The first-order valence-corrected chi connectivity index (χ1v) is 9.12. The first-order chi connectivity index (χ1) is 12.5. The summed E-state index contributed by atoms with van der Waals surface area (Å²) in [7, 11) is 2.19. The molecule has 1 aliphatic heterocycles. The molecule has 3 heterocycles. The zero-order valence-electron chi connectivity index (χ0n) is 15.5. The molecule has 0 spiro atoms. The van der Waals surface area contributed by atoms with Crippen molar-refractivity contribution in [3.63, 3.8) is 0 Å². The normalized spacial score (nSPS) is 16.9. The van der Waals surface area contributed by atoms with Crippen molar-refractivity contribution in [1.29, 1.82) is 0 Å². The van der Waals surface area contributed by atoms with Crippen LogP contribution in [0, 0.1) is 19.7 Å². The van der Waals surface area contributed by atoms with Crippen molar-refractivity contribution < 1.29 is 8.81 Å². The quantitative estimate of drug-likeness (QED) is 0.677. The van der Waals surface area contributed by atoms with Gasteiger partial charge < -0.3 is 13.9 Å². The van der Waals surface area contributed by atoms with Crippen molar-refractivity contribution in [3.05, 3.63) is 52.9 Å². The Balaban J connectivity index is 1.59. The Hall–Kier alpha value is -2.40. The van der Waals surface area contributed by atoms with Gasteiger partial charge >= 0.3 is 0 Å². The number of nitrogens with zero attached hydrogens (tertiary/aromatic N) is 3. The molecule has 0 aliphatic carbocycles. The summed E-state index contributed by atoms with van der Waals surface area (Å²) >= 11 is 0. The molecule has 2 aromatic heterocycles. The summed E-state index contributed by atoms with van der Waals surface area (Å²) in [5.41, 5.74) is 4.88. The second kappa shape index (κ2) is 6.72. The molecule has 0 N–H and O–H groups in total. The van der Waals surface area contributed by atoms with Gasteiger partial charge in [0.15, 0.2) is 5.58 Å². The average molecular weight is 353 g/mol. The van der Waals surface area contributed by atoms with Gasteiger partial charge in [-0.3, -0.25) is 0 Å². The van der Waals surface area contributed by atoms with Gasteiger partial charge in [0.1, 0.15) is 11.3 Å². The Kier molecular flexibility index (Phi) is 4.41. The number of oxazole rings is 1. The predicted octanol–water partition coefficient (Wildman–Crippen LogP) is 4.82. The van der Waals surface area contributed by atoms with Gasteiger partial charge in [0.25, 0.3) is 0 Å². The zero-order chi connectivity index (χ0) is 18.3. The third-order valence-electron chi connectivity index (χ3n) is 5.35. The van der Waals surface area contributed by atoms with E-state index >= 15 is 0 Å². The molecule has 0 radical (unpaired) electrons. The fraction of sp³-hybridized carbons (Fsp3) is 0.381. The van der Waals surface area contributed by atoms with E-state index in [1.54, 1.807) is 6.07 Å². The van der Waals surface area contributed by atoms with Gasteiger partial charge in [0, 0.05) is 29.6 Å². The molecular weight excluding hydrogens is 329 g/mol. The number of rotatable bonds is 3. The summed E-state index contributed by atoms with van der Waals surface area (Å²) in [6.07, 6.45) is 6.27. The molecule has 26 heavy (non-hydrogen) atoms. The van der Waals surface area contributed by atoms with Crippen LogP contribution in [0.3, 0.4) is 0 Å². The van der Waals surface area contributed by atoms with Gasteiger partial charge in [-0.25, -0.2) is 9.37 Å². The summed E-state index contributed by atoms with van der Waals surface area (Å²) in [6, 6.07) is 7.18. The van der Waals surface area contributed by atoms with Crippen molar-refractivity contribution in [2.75, 3.05) is 20.1 Å². The third-order valence-corrected chi connectivity index (χ3v) is 5.35. The van der Waals surface area contributed by atoms with Crippen LogP contribution in [0.1, 0.15) is 41.7 Å². The Labute approximate surface area is 152 Å². The monoisotopic (exact) mass is 353 g/mol. The number of fused-ring (bicyclic) bond motifs is 1. The molecule has 0 unspecified atom stereocenters. The molecule has 4 rings (SSSR count). The van der Waals surface area contributed by atoms with E-state index in [2.05, 4.69) is 41.4 Å². The molecule has 1 saturated heterocycles. The number of aromatic nitrogens is 2. The zero-order valence-corrected chi connectivity index (χ0v) is 15.5. The van der Waals surface area contributed by atoms with Crippen LogP contribution in [0.5, 0.6) is 0 Å². The molecule has 1 aliphatic rings. The van der Waals surface area contributed by atoms with E-state index in [1.165, 1.54) is 41.9 Å². The van der Waals surface area contributed by atoms with Gasteiger partial charge in [-0.1, -0.05) is 0 Å². The Morgan fingerprint density at radius 1 is 1.15 bits per heavy atom. The lowest BCUT2D eigenvalue weighted by molar-refractivity contribution is 0.218. The highest BCUT2D eigenvalue weighted by molar-refractivity contribution is 5.76. The molecular formula is C21H24FN3O. The van der Waals surface area contributed by atoms with Crippen LogP contribution >= 0.6 is 0 Å². The smallest absolute Gasteiger partial charge is 0.220 e. The maximum absolute atomic E-state index is 13.3. The van der Waals surface area contributed by atoms with Crippen LogP contribution in [0.2, 0.25) is 0 Å². The summed E-state index contributed by atoms with van der Waals surface area (Å²) in [4.78, 5) is 6.78. The third kappa shape index (κ3) is 3.19. The van der Waals surface area contributed by atoms with Crippen LogP contribution in [0.4, 0.5) is 4.39 Å². The predicted molar refractivity (Wildman–Crippen MR) is 103 cm³/mol. The highest BCUT2D eigenvalue weighted by Gasteiger charge is 2.21. The standard InChI is InChI=1S/C21H24FN3O/c1-14-12-16(15(2)25(14)18-8-10-24(3)11-9-18)4-7-21-23-19-6-5-17(22)13-20(19)26-21/h4-7,12-13,18H,8-11H2,1-3H3/b7-4+. The maximum Gasteiger partial charge on any atom is 0.220 e. The van der Waals surface area contributed by atoms with Crippen LogP contribution in [-0.2, 0) is 0 Å². The van der Waals surface area contributed by atoms with E-state index in [9.17, 15) is 4.39 Å². The van der Waals surface area contributed by atoms with Crippen molar-refractivity contribution in [3.8, 4) is 0 Å². The number of aryl methyl sites for hydroxylation is 1. The van der Waals surface area contributed by atoms with E-state index in [-0.39, 0.29) is 5.82 Å². The number of likely N-dealkylation sites (tertiary alicyclic amines) is 1. The number of piperidine rings is 1. The molecule has 0 amide bonds. The van der Waals surface area contributed by atoms with Gasteiger partial charge in [-0.05, 0) is 76.7 Å². The van der Waals surface area contributed by atoms with Crippen molar-refractivity contribution in [2.24, 2.45) is 0 Å². The van der Waals surface area contributed by atoms with Gasteiger partial charge in [0.2, 0.25) is 5.89 Å². The van der Waals surface area contributed by atoms with Gasteiger partial charge in [-0.2, -0.15) is 0 Å². The summed E-state index contributed by atoms with van der Waals surface area (Å²) < 4.78 is 21.4. The van der Waals surface area contributed by atoms with Crippen LogP contribution in [0.15, 0.2) is 28.7 Å². The van der Waals surface area contributed by atoms with Crippen LogP contribution in [0.25, 0.3) is 23.3 Å². The number of hydrogen-bond acceptors (Lipinski definition) is 3. The molecule has 3 aromatic rings. The van der Waals surface area contributed by atoms with E-state index in [0.717, 1.165) is 13.1 Å². The number of halogens is 1. The van der Waals surface area contributed by atoms with Crippen molar-refractivity contribution in [1.82, 2.24) is 14.5 Å². The minimum absolute atomic E-state index is 0.314. The fourth-order valence-corrected chi connectivity index (χ4v) is 3.93. The summed E-state index contributed by atoms with van der Waals surface area (Å²) in [5, 5.41) is 0. The Morgan fingerprint density at radius 2 is 1.92 bits per heavy atom. The number of benzene rings is 1. The number of hydrogen-bond donors (Lipinski definition) is 0. The molecule has 1 aromatic carbocycles. The fourth-order valence-electron chi connectivity index (χ4n) is 3.93. The van der Waals surface area contributed by atoms with Gasteiger partial charge in [0.05, 0.1) is 0 Å². The second-order valence-corrected chi connectivity index (χ2v) is 7.23. The largest absolute Gasteiger partial charge is 0.437 e. The minimum atomic E-state index is -0.314. The van der Waals surface area contributed by atoms with E-state index < -0.39 is 0 Å². The minimum Gasteiger partial charge on any atom is -0.437 e. The maximum atomic E-state index is 13.3. The molecule has 0 saturated carbocycles. The van der Waals surface area contributed by atoms with E-state index in [1.807, 2.05) is 12.2 Å². The van der Waals surface area contributed by atoms with E-state index in [0.29, 0.717) is 23.0 Å². The molecule has 1 fully saturated rings. The van der Waals surface area contributed by atoms with E-state index in [4.69, 9.17) is 4.42 Å².